The quantitative estimate of drug-likeness (QED) is 0.391. The van der Waals surface area contributed by atoms with Crippen LogP contribution in [0.1, 0.15) is 29.2 Å². The van der Waals surface area contributed by atoms with Crippen molar-refractivity contribution in [3.05, 3.63) is 76.9 Å². The molecule has 0 fully saturated rings. The summed E-state index contributed by atoms with van der Waals surface area (Å²) in [7, 11) is 0. The summed E-state index contributed by atoms with van der Waals surface area (Å²) in [6.07, 6.45) is 1.76. The summed E-state index contributed by atoms with van der Waals surface area (Å²) < 4.78 is 0. The van der Waals surface area contributed by atoms with Gasteiger partial charge in [0.05, 0.1) is 11.4 Å². The van der Waals surface area contributed by atoms with E-state index in [-0.39, 0.29) is 0 Å². The highest BCUT2D eigenvalue weighted by Crippen LogP contribution is 2.33. The molecule has 4 rings (SSSR count). The molecular weight excluding hydrogens is 308 g/mol. The highest BCUT2D eigenvalue weighted by Gasteiger charge is 2.21. The first-order valence-corrected chi connectivity index (χ1v) is 8.52. The fraction of sp³-hybridized carbons (Fsp3) is 0.182. The number of hydrogen-bond acceptors (Lipinski definition) is 3. The molecule has 1 aliphatic rings. The average Bonchev–Trinajstić information content (AvgIpc) is 3.06. The summed E-state index contributed by atoms with van der Waals surface area (Å²) in [5.41, 5.74) is 7.62. The van der Waals surface area contributed by atoms with E-state index in [1.807, 2.05) is 24.3 Å². The second kappa shape index (κ2) is 6.17. The van der Waals surface area contributed by atoms with Crippen LogP contribution in [0.5, 0.6) is 0 Å². The van der Waals surface area contributed by atoms with E-state index < -0.39 is 0 Å². The molecule has 0 bridgehead atoms. The van der Waals surface area contributed by atoms with Crippen molar-refractivity contribution in [3.63, 3.8) is 0 Å². The molecular formula is C22H20N2O. The molecule has 0 saturated heterocycles. The van der Waals surface area contributed by atoms with E-state index in [1.54, 1.807) is 6.92 Å². The second-order valence-corrected chi connectivity index (χ2v) is 6.61. The van der Waals surface area contributed by atoms with Crippen LogP contribution in [0.25, 0.3) is 10.8 Å². The van der Waals surface area contributed by atoms with Crippen LogP contribution in [0.4, 0.5) is 5.69 Å². The van der Waals surface area contributed by atoms with E-state index in [1.165, 1.54) is 27.5 Å². The smallest absolute Gasteiger partial charge is 0.0858 e. The molecule has 3 nitrogen and oxygen atoms in total. The maximum Gasteiger partial charge on any atom is 0.0858 e. The lowest BCUT2D eigenvalue weighted by Gasteiger charge is -2.07. The molecule has 0 heterocycles. The number of rotatable bonds is 2. The van der Waals surface area contributed by atoms with Crippen LogP contribution in [0, 0.1) is 6.92 Å². The summed E-state index contributed by atoms with van der Waals surface area (Å²) in [6.45, 7) is 3.98. The average molecular weight is 328 g/mol. The normalized spacial score (nSPS) is 15.8. The zero-order chi connectivity index (χ0) is 17.4. The van der Waals surface area contributed by atoms with Crippen LogP contribution in [0.3, 0.4) is 0 Å². The lowest BCUT2D eigenvalue weighted by molar-refractivity contribution is 0.319. The summed E-state index contributed by atoms with van der Waals surface area (Å²) in [5, 5.41) is 15.1. The van der Waals surface area contributed by atoms with Gasteiger partial charge >= 0.3 is 0 Å². The highest BCUT2D eigenvalue weighted by atomic mass is 16.4. The predicted octanol–water partition coefficient (Wildman–Crippen LogP) is 5.22. The standard InChI is InChI=1S/C22H20N2O/c1-14-11-16-7-3-4-9-19(16)21-13-17(12-20(14)21)23-22-10-6-5-8-18(22)15(2)24-25/h3-11,25H,12-13H2,1-2H3. The molecule has 0 spiro atoms. The third-order valence-corrected chi connectivity index (χ3v) is 4.98. The zero-order valence-corrected chi connectivity index (χ0v) is 14.5. The van der Waals surface area contributed by atoms with Crippen LogP contribution in [-0.2, 0) is 12.8 Å². The highest BCUT2D eigenvalue weighted by molar-refractivity contribution is 6.05. The first-order chi connectivity index (χ1) is 12.2. The van der Waals surface area contributed by atoms with Crippen LogP contribution in [0.2, 0.25) is 0 Å². The molecule has 0 radical (unpaired) electrons. The Balaban J connectivity index is 1.79. The Bertz CT molecular complexity index is 1030. The van der Waals surface area contributed by atoms with Gasteiger partial charge in [0.25, 0.3) is 0 Å². The van der Waals surface area contributed by atoms with E-state index in [9.17, 15) is 0 Å². The van der Waals surface area contributed by atoms with Gasteiger partial charge < -0.3 is 5.21 Å². The van der Waals surface area contributed by atoms with Gasteiger partial charge in [0.2, 0.25) is 0 Å². The fourth-order valence-corrected chi connectivity index (χ4v) is 3.72. The van der Waals surface area contributed by atoms with Crippen molar-refractivity contribution in [1.29, 1.82) is 0 Å². The van der Waals surface area contributed by atoms with Gasteiger partial charge in [-0.05, 0) is 47.4 Å². The van der Waals surface area contributed by atoms with E-state index in [2.05, 4.69) is 42.4 Å². The third-order valence-electron chi connectivity index (χ3n) is 4.98. The van der Waals surface area contributed by atoms with Crippen LogP contribution >= 0.6 is 0 Å². The number of para-hydroxylation sites is 1. The van der Waals surface area contributed by atoms with Crippen molar-refractivity contribution in [1.82, 2.24) is 0 Å². The molecule has 0 saturated carbocycles. The van der Waals surface area contributed by atoms with Crippen LogP contribution in [-0.4, -0.2) is 16.6 Å². The van der Waals surface area contributed by atoms with Crippen LogP contribution in [0.15, 0.2) is 64.7 Å². The van der Waals surface area contributed by atoms with E-state index in [0.717, 1.165) is 29.8 Å². The molecule has 0 aromatic heterocycles. The number of benzene rings is 3. The summed E-state index contributed by atoms with van der Waals surface area (Å²) in [4.78, 5) is 4.91. The van der Waals surface area contributed by atoms with Gasteiger partial charge in [-0.3, -0.25) is 4.99 Å². The largest absolute Gasteiger partial charge is 0.411 e. The number of fused-ring (bicyclic) bond motifs is 3. The number of aliphatic imine (C=N–C) groups is 1. The minimum Gasteiger partial charge on any atom is -0.411 e. The van der Waals surface area contributed by atoms with Gasteiger partial charge in [0, 0.05) is 24.1 Å². The van der Waals surface area contributed by atoms with Gasteiger partial charge in [0.15, 0.2) is 0 Å². The van der Waals surface area contributed by atoms with Crippen molar-refractivity contribution in [3.8, 4) is 0 Å². The van der Waals surface area contributed by atoms with E-state index in [0.29, 0.717) is 5.71 Å². The Morgan fingerprint density at radius 1 is 0.960 bits per heavy atom. The van der Waals surface area contributed by atoms with Gasteiger partial charge in [-0.1, -0.05) is 53.7 Å². The molecule has 3 aromatic rings. The maximum atomic E-state index is 9.11. The molecule has 0 unspecified atom stereocenters. The summed E-state index contributed by atoms with van der Waals surface area (Å²) in [6, 6.07) is 18.7. The molecule has 25 heavy (non-hydrogen) atoms. The van der Waals surface area contributed by atoms with Crippen LogP contribution < -0.4 is 0 Å². The summed E-state index contributed by atoms with van der Waals surface area (Å²) >= 11 is 0. The molecule has 1 N–H and O–H groups in total. The van der Waals surface area contributed by atoms with Crippen molar-refractivity contribution >= 4 is 27.9 Å². The zero-order valence-electron chi connectivity index (χ0n) is 14.5. The Morgan fingerprint density at radius 3 is 2.52 bits per heavy atom. The maximum absolute atomic E-state index is 9.11. The Labute approximate surface area is 147 Å². The first kappa shape index (κ1) is 15.6. The minimum atomic E-state index is 0.581. The van der Waals surface area contributed by atoms with Crippen molar-refractivity contribution < 1.29 is 5.21 Å². The SMILES string of the molecule is CC(=NO)c1ccccc1N=C1Cc2c(C)cc3ccccc3c2C1. The molecule has 124 valence electrons. The second-order valence-electron chi connectivity index (χ2n) is 6.61. The van der Waals surface area contributed by atoms with Gasteiger partial charge in [-0.2, -0.15) is 0 Å². The Kier molecular flexibility index (Phi) is 3.85. The predicted molar refractivity (Wildman–Crippen MR) is 104 cm³/mol. The Hall–Kier alpha value is -2.94. The van der Waals surface area contributed by atoms with Gasteiger partial charge in [0.1, 0.15) is 0 Å². The monoisotopic (exact) mass is 328 g/mol. The Morgan fingerprint density at radius 2 is 1.68 bits per heavy atom. The number of aryl methyl sites for hydroxylation is 1. The fourth-order valence-electron chi connectivity index (χ4n) is 3.72. The topological polar surface area (TPSA) is 45.0 Å². The number of oxime groups is 1. The van der Waals surface area contributed by atoms with Crippen molar-refractivity contribution in [2.24, 2.45) is 10.1 Å². The third kappa shape index (κ3) is 2.72. The van der Waals surface area contributed by atoms with Crippen molar-refractivity contribution in [2.75, 3.05) is 0 Å². The van der Waals surface area contributed by atoms with E-state index in [4.69, 9.17) is 10.2 Å². The van der Waals surface area contributed by atoms with Gasteiger partial charge in [-0.25, -0.2) is 0 Å². The molecule has 1 aliphatic carbocycles. The number of nitrogens with zero attached hydrogens (tertiary/aromatic N) is 2. The molecule has 0 aliphatic heterocycles. The molecule has 0 amide bonds. The number of hydrogen-bond donors (Lipinski definition) is 1. The molecule has 0 atom stereocenters. The van der Waals surface area contributed by atoms with E-state index >= 15 is 0 Å². The summed E-state index contributed by atoms with van der Waals surface area (Å²) in [5.74, 6) is 0. The first-order valence-electron chi connectivity index (χ1n) is 8.52. The minimum absolute atomic E-state index is 0.581. The lowest BCUT2D eigenvalue weighted by atomic mass is 9.97. The lowest BCUT2D eigenvalue weighted by Crippen LogP contribution is -1.99. The molecule has 3 aromatic carbocycles. The van der Waals surface area contributed by atoms with Gasteiger partial charge in [-0.15, -0.1) is 0 Å². The van der Waals surface area contributed by atoms with Crippen molar-refractivity contribution in [2.45, 2.75) is 26.7 Å². The molecule has 3 heteroatoms.